The molecule has 1 unspecified atom stereocenters. The molecule has 1 aliphatic rings. The Morgan fingerprint density at radius 1 is 1.45 bits per heavy atom. The van der Waals surface area contributed by atoms with Crippen molar-refractivity contribution < 1.29 is 9.84 Å². The molecule has 3 heteroatoms. The molecule has 1 heterocycles. The largest absolute Gasteiger partial charge is 0.495 e. The lowest BCUT2D eigenvalue weighted by Crippen LogP contribution is -2.19. The van der Waals surface area contributed by atoms with Gasteiger partial charge in [0.1, 0.15) is 5.75 Å². The number of benzene rings is 1. The predicted octanol–water partition coefficient (Wildman–Crippen LogP) is 2.27. The molecule has 1 aromatic rings. The van der Waals surface area contributed by atoms with Gasteiger partial charge in [-0.15, -0.1) is 0 Å². The smallest absolute Gasteiger partial charge is 0.134 e. The number of hydrogen-bond acceptors (Lipinski definition) is 3. The van der Waals surface area contributed by atoms with Gasteiger partial charge in [-0.25, -0.2) is 0 Å². The zero-order valence-corrected chi connectivity index (χ0v) is 12.4. The first-order chi connectivity index (χ1) is 9.72. The molecular formula is C17H23NO2. The van der Waals surface area contributed by atoms with Gasteiger partial charge in [-0.2, -0.15) is 0 Å². The molecule has 20 heavy (non-hydrogen) atoms. The van der Waals surface area contributed by atoms with Crippen LogP contribution in [0.15, 0.2) is 18.2 Å². The fraction of sp³-hybridized carbons (Fsp3) is 0.529. The van der Waals surface area contributed by atoms with Crippen molar-refractivity contribution in [1.82, 2.24) is 4.90 Å². The van der Waals surface area contributed by atoms with E-state index >= 15 is 0 Å². The normalized spacial score (nSPS) is 18.6. The molecule has 3 nitrogen and oxygen atoms in total. The molecule has 2 rings (SSSR count). The minimum atomic E-state index is 0.0979. The Morgan fingerprint density at radius 2 is 2.30 bits per heavy atom. The number of ether oxygens (including phenoxy) is 1. The first-order valence-corrected chi connectivity index (χ1v) is 7.22. The van der Waals surface area contributed by atoms with Gasteiger partial charge in [0.05, 0.1) is 19.3 Å². The van der Waals surface area contributed by atoms with Crippen LogP contribution >= 0.6 is 0 Å². The fourth-order valence-corrected chi connectivity index (χ4v) is 2.59. The number of aliphatic hydroxyl groups is 1. The second-order valence-electron chi connectivity index (χ2n) is 5.44. The molecule has 0 aliphatic carbocycles. The summed E-state index contributed by atoms with van der Waals surface area (Å²) >= 11 is 0. The average molecular weight is 273 g/mol. The summed E-state index contributed by atoms with van der Waals surface area (Å²) in [5.41, 5.74) is 2.18. The van der Waals surface area contributed by atoms with Crippen molar-refractivity contribution in [3.05, 3.63) is 29.3 Å². The third-order valence-corrected chi connectivity index (χ3v) is 3.64. The molecule has 108 valence electrons. The molecule has 0 amide bonds. The van der Waals surface area contributed by atoms with Gasteiger partial charge in [0.2, 0.25) is 0 Å². The summed E-state index contributed by atoms with van der Waals surface area (Å²) in [7, 11) is 1.66. The summed E-state index contributed by atoms with van der Waals surface area (Å²) < 4.78 is 5.34. The highest BCUT2D eigenvalue weighted by atomic mass is 16.5. The maximum atomic E-state index is 8.80. The maximum Gasteiger partial charge on any atom is 0.134 e. The minimum Gasteiger partial charge on any atom is -0.495 e. The lowest BCUT2D eigenvalue weighted by atomic mass is 10.1. The van der Waals surface area contributed by atoms with Crippen LogP contribution in [-0.2, 0) is 6.54 Å². The third kappa shape index (κ3) is 4.00. The Kier molecular flexibility index (Phi) is 5.46. The summed E-state index contributed by atoms with van der Waals surface area (Å²) in [6.45, 7) is 5.74. The summed E-state index contributed by atoms with van der Waals surface area (Å²) in [5.74, 6) is 7.65. The highest BCUT2D eigenvalue weighted by molar-refractivity contribution is 5.48. The van der Waals surface area contributed by atoms with Gasteiger partial charge in [0, 0.05) is 19.5 Å². The second kappa shape index (κ2) is 7.33. The van der Waals surface area contributed by atoms with E-state index < -0.39 is 0 Å². The molecule has 0 aromatic heterocycles. The Bertz CT molecular complexity index is 501. The molecule has 1 N–H and O–H groups in total. The van der Waals surface area contributed by atoms with Crippen molar-refractivity contribution in [2.24, 2.45) is 5.92 Å². The van der Waals surface area contributed by atoms with Gasteiger partial charge < -0.3 is 9.84 Å². The molecule has 0 spiro atoms. The SMILES string of the molecule is COc1ccc(CN2CCC(C)C2)cc1C#CCCO. The van der Waals surface area contributed by atoms with Crippen LogP contribution in [0.25, 0.3) is 0 Å². The van der Waals surface area contributed by atoms with Crippen molar-refractivity contribution in [2.45, 2.75) is 26.3 Å². The van der Waals surface area contributed by atoms with E-state index in [1.54, 1.807) is 7.11 Å². The van der Waals surface area contributed by atoms with E-state index in [9.17, 15) is 0 Å². The zero-order valence-electron chi connectivity index (χ0n) is 12.4. The van der Waals surface area contributed by atoms with Gasteiger partial charge >= 0.3 is 0 Å². The van der Waals surface area contributed by atoms with Crippen LogP contribution in [-0.4, -0.2) is 36.8 Å². The predicted molar refractivity (Wildman–Crippen MR) is 80.6 cm³/mol. The molecule has 1 atom stereocenters. The van der Waals surface area contributed by atoms with E-state index in [0.29, 0.717) is 6.42 Å². The van der Waals surface area contributed by atoms with Gasteiger partial charge in [0.25, 0.3) is 0 Å². The van der Waals surface area contributed by atoms with Crippen molar-refractivity contribution in [3.63, 3.8) is 0 Å². The Labute approximate surface area is 121 Å². The minimum absolute atomic E-state index is 0.0979. The number of nitrogens with zero attached hydrogens (tertiary/aromatic N) is 1. The van der Waals surface area contributed by atoms with Crippen molar-refractivity contribution in [3.8, 4) is 17.6 Å². The second-order valence-corrected chi connectivity index (χ2v) is 5.44. The summed E-state index contributed by atoms with van der Waals surface area (Å²) in [5, 5.41) is 8.80. The lowest BCUT2D eigenvalue weighted by molar-refractivity contribution is 0.305. The van der Waals surface area contributed by atoms with Crippen molar-refractivity contribution in [1.29, 1.82) is 0 Å². The van der Waals surface area contributed by atoms with E-state index in [4.69, 9.17) is 9.84 Å². The summed E-state index contributed by atoms with van der Waals surface area (Å²) in [4.78, 5) is 2.48. The number of aliphatic hydroxyl groups excluding tert-OH is 1. The average Bonchev–Trinajstić information content (AvgIpc) is 2.85. The Morgan fingerprint density at radius 3 is 2.95 bits per heavy atom. The van der Waals surface area contributed by atoms with E-state index in [1.165, 1.54) is 25.1 Å². The van der Waals surface area contributed by atoms with Crippen LogP contribution in [0.2, 0.25) is 0 Å². The van der Waals surface area contributed by atoms with Crippen LogP contribution in [0.5, 0.6) is 5.75 Å². The molecular weight excluding hydrogens is 250 g/mol. The highest BCUT2D eigenvalue weighted by Crippen LogP contribution is 2.22. The maximum absolute atomic E-state index is 8.80. The molecule has 1 fully saturated rings. The Balaban J connectivity index is 2.10. The first kappa shape index (κ1) is 14.9. The van der Waals surface area contributed by atoms with Gasteiger partial charge in [-0.05, 0) is 36.6 Å². The number of rotatable bonds is 4. The number of likely N-dealkylation sites (tertiary alicyclic amines) is 1. The van der Waals surface area contributed by atoms with E-state index in [2.05, 4.69) is 35.8 Å². The standard InChI is InChI=1S/C17H23NO2/c1-14-8-9-18(12-14)13-15-6-7-17(20-2)16(11-15)5-3-4-10-19/h6-7,11,14,19H,4,8-10,12-13H2,1-2H3. The number of methoxy groups -OCH3 is 1. The molecule has 0 radical (unpaired) electrons. The Hall–Kier alpha value is -1.50. The topological polar surface area (TPSA) is 32.7 Å². The van der Waals surface area contributed by atoms with E-state index in [1.807, 2.05) is 6.07 Å². The fourth-order valence-electron chi connectivity index (χ4n) is 2.59. The van der Waals surface area contributed by atoms with Crippen molar-refractivity contribution >= 4 is 0 Å². The van der Waals surface area contributed by atoms with Crippen molar-refractivity contribution in [2.75, 3.05) is 26.8 Å². The van der Waals surface area contributed by atoms with E-state index in [0.717, 1.165) is 23.8 Å². The van der Waals surface area contributed by atoms with Gasteiger partial charge in [0.15, 0.2) is 0 Å². The van der Waals surface area contributed by atoms with Crippen LogP contribution in [0.1, 0.15) is 30.9 Å². The van der Waals surface area contributed by atoms with Crippen LogP contribution in [0, 0.1) is 17.8 Å². The van der Waals surface area contributed by atoms with Crippen LogP contribution in [0.4, 0.5) is 0 Å². The highest BCUT2D eigenvalue weighted by Gasteiger charge is 2.18. The zero-order chi connectivity index (χ0) is 14.4. The summed E-state index contributed by atoms with van der Waals surface area (Å²) in [6, 6.07) is 6.20. The molecule has 1 aliphatic heterocycles. The van der Waals surface area contributed by atoms with Gasteiger partial charge in [-0.1, -0.05) is 24.8 Å². The van der Waals surface area contributed by atoms with Crippen LogP contribution < -0.4 is 4.74 Å². The summed E-state index contributed by atoms with van der Waals surface area (Å²) in [6.07, 6.45) is 1.79. The molecule has 0 saturated carbocycles. The van der Waals surface area contributed by atoms with Crippen LogP contribution in [0.3, 0.4) is 0 Å². The van der Waals surface area contributed by atoms with E-state index in [-0.39, 0.29) is 6.61 Å². The lowest BCUT2D eigenvalue weighted by Gasteiger charge is -2.16. The molecule has 0 bridgehead atoms. The molecule has 1 aromatic carbocycles. The monoisotopic (exact) mass is 273 g/mol. The number of hydrogen-bond donors (Lipinski definition) is 1. The molecule has 1 saturated heterocycles. The van der Waals surface area contributed by atoms with Gasteiger partial charge in [-0.3, -0.25) is 4.90 Å². The quantitative estimate of drug-likeness (QED) is 0.854. The first-order valence-electron chi connectivity index (χ1n) is 7.22. The third-order valence-electron chi connectivity index (χ3n) is 3.64.